The van der Waals surface area contributed by atoms with Crippen molar-refractivity contribution >= 4 is 17.7 Å². The smallest absolute Gasteiger partial charge is 0.320 e. The van der Waals surface area contributed by atoms with E-state index in [0.29, 0.717) is 6.42 Å². The fraction of sp³-hybridized carbons (Fsp3) is 0.364. The molecule has 30 heavy (non-hydrogen) atoms. The van der Waals surface area contributed by atoms with Crippen LogP contribution in [0.5, 0.6) is 0 Å². The molecule has 3 aromatic rings. The van der Waals surface area contributed by atoms with E-state index >= 15 is 0 Å². The number of tetrazole rings is 1. The Kier molecular flexibility index (Phi) is 7.98. The van der Waals surface area contributed by atoms with Crippen LogP contribution in [0.4, 0.5) is 0 Å². The lowest BCUT2D eigenvalue weighted by Crippen LogP contribution is -2.32. The molecule has 1 heterocycles. The largest absolute Gasteiger partial charge is 0.480 e. The first kappa shape index (κ1) is 22.0. The van der Waals surface area contributed by atoms with Crippen molar-refractivity contribution in [2.45, 2.75) is 61.7 Å². The maximum Gasteiger partial charge on any atom is 0.320 e. The number of hydrogen-bond donors (Lipinski definition) is 2. The SMILES string of the molecule is CCCCCCn1nnnc1Sc1cccc(-c2cccc(CC(N)C(=O)O)c2)c1. The Morgan fingerprint density at radius 2 is 1.90 bits per heavy atom. The van der Waals surface area contributed by atoms with Gasteiger partial charge in [0.25, 0.3) is 0 Å². The minimum atomic E-state index is -0.994. The Bertz CT molecular complexity index is 975. The molecule has 1 aromatic heterocycles. The number of rotatable bonds is 11. The molecule has 2 aromatic carbocycles. The number of aryl methyl sites for hydroxylation is 1. The lowest BCUT2D eigenvalue weighted by atomic mass is 10.00. The summed E-state index contributed by atoms with van der Waals surface area (Å²) in [7, 11) is 0. The summed E-state index contributed by atoms with van der Waals surface area (Å²) in [4.78, 5) is 12.1. The Morgan fingerprint density at radius 3 is 2.67 bits per heavy atom. The van der Waals surface area contributed by atoms with Crippen LogP contribution in [0.1, 0.15) is 38.2 Å². The summed E-state index contributed by atoms with van der Waals surface area (Å²) < 4.78 is 1.86. The second-order valence-electron chi connectivity index (χ2n) is 7.22. The van der Waals surface area contributed by atoms with Crippen LogP contribution in [0.2, 0.25) is 0 Å². The summed E-state index contributed by atoms with van der Waals surface area (Å²) in [6.07, 6.45) is 4.97. The van der Waals surface area contributed by atoms with Crippen LogP contribution in [0.3, 0.4) is 0 Å². The van der Waals surface area contributed by atoms with Gasteiger partial charge < -0.3 is 10.8 Å². The van der Waals surface area contributed by atoms with Crippen LogP contribution < -0.4 is 5.73 Å². The molecule has 0 fully saturated rings. The molecule has 1 unspecified atom stereocenters. The van der Waals surface area contributed by atoms with Gasteiger partial charge in [0, 0.05) is 11.4 Å². The number of nitrogens with zero attached hydrogens (tertiary/aromatic N) is 4. The Hall–Kier alpha value is -2.71. The normalized spacial score (nSPS) is 12.1. The predicted molar refractivity (Wildman–Crippen MR) is 117 cm³/mol. The molecule has 8 heteroatoms. The van der Waals surface area contributed by atoms with Crippen LogP contribution in [-0.2, 0) is 17.8 Å². The van der Waals surface area contributed by atoms with Crippen molar-refractivity contribution in [1.82, 2.24) is 20.2 Å². The second kappa shape index (κ2) is 10.9. The molecule has 0 bridgehead atoms. The molecule has 158 valence electrons. The van der Waals surface area contributed by atoms with Gasteiger partial charge in [-0.05, 0) is 63.9 Å². The minimum absolute atomic E-state index is 0.296. The Balaban J connectivity index is 1.72. The van der Waals surface area contributed by atoms with E-state index in [1.807, 2.05) is 47.1 Å². The number of aromatic nitrogens is 4. The fourth-order valence-corrected chi connectivity index (χ4v) is 4.02. The summed E-state index contributed by atoms with van der Waals surface area (Å²) in [5.41, 5.74) is 8.65. The first-order valence-electron chi connectivity index (χ1n) is 10.2. The van der Waals surface area contributed by atoms with Crippen molar-refractivity contribution in [3.8, 4) is 11.1 Å². The van der Waals surface area contributed by atoms with Gasteiger partial charge in [-0.25, -0.2) is 4.68 Å². The number of carbonyl (C=O) groups is 1. The highest BCUT2D eigenvalue weighted by Crippen LogP contribution is 2.30. The van der Waals surface area contributed by atoms with Gasteiger partial charge in [0.2, 0.25) is 5.16 Å². The molecule has 0 aliphatic carbocycles. The van der Waals surface area contributed by atoms with Gasteiger partial charge >= 0.3 is 5.97 Å². The molecule has 0 radical (unpaired) electrons. The quantitative estimate of drug-likeness (QED) is 0.447. The summed E-state index contributed by atoms with van der Waals surface area (Å²) in [6.45, 7) is 3.02. The second-order valence-corrected chi connectivity index (χ2v) is 8.27. The number of carboxylic acid groups (broad SMARTS) is 1. The molecule has 3 N–H and O–H groups in total. The van der Waals surface area contributed by atoms with E-state index in [0.717, 1.165) is 39.7 Å². The van der Waals surface area contributed by atoms with Crippen molar-refractivity contribution in [2.75, 3.05) is 0 Å². The average Bonchev–Trinajstić information content (AvgIpc) is 3.18. The Labute approximate surface area is 180 Å². The zero-order valence-corrected chi connectivity index (χ0v) is 17.9. The van der Waals surface area contributed by atoms with Gasteiger partial charge in [-0.2, -0.15) is 0 Å². The third kappa shape index (κ3) is 6.14. The lowest BCUT2D eigenvalue weighted by molar-refractivity contribution is -0.138. The monoisotopic (exact) mass is 425 g/mol. The van der Waals surface area contributed by atoms with E-state index < -0.39 is 12.0 Å². The fourth-order valence-electron chi connectivity index (χ4n) is 3.16. The molecule has 0 aliphatic heterocycles. The maximum atomic E-state index is 11.0. The van der Waals surface area contributed by atoms with Crippen LogP contribution >= 0.6 is 11.8 Å². The van der Waals surface area contributed by atoms with Crippen molar-refractivity contribution in [2.24, 2.45) is 5.73 Å². The minimum Gasteiger partial charge on any atom is -0.480 e. The molecule has 7 nitrogen and oxygen atoms in total. The van der Waals surface area contributed by atoms with Crippen LogP contribution in [0.25, 0.3) is 11.1 Å². The predicted octanol–water partition coefficient (Wildman–Crippen LogP) is 4.03. The zero-order chi connectivity index (χ0) is 21.3. The summed E-state index contributed by atoms with van der Waals surface area (Å²) in [6, 6.07) is 15.1. The number of hydrogen-bond acceptors (Lipinski definition) is 6. The third-order valence-corrected chi connectivity index (χ3v) is 5.76. The van der Waals surface area contributed by atoms with Gasteiger partial charge in [-0.1, -0.05) is 62.6 Å². The van der Waals surface area contributed by atoms with Gasteiger partial charge in [0.05, 0.1) is 0 Å². The zero-order valence-electron chi connectivity index (χ0n) is 17.1. The van der Waals surface area contributed by atoms with Gasteiger partial charge in [-0.3, -0.25) is 4.79 Å². The van der Waals surface area contributed by atoms with Crippen LogP contribution in [0.15, 0.2) is 58.6 Å². The molecular weight excluding hydrogens is 398 g/mol. The summed E-state index contributed by atoms with van der Waals surface area (Å²) >= 11 is 1.54. The molecule has 0 spiro atoms. The molecule has 0 saturated carbocycles. The highest BCUT2D eigenvalue weighted by molar-refractivity contribution is 7.99. The molecule has 0 aliphatic rings. The van der Waals surface area contributed by atoms with E-state index in [-0.39, 0.29) is 0 Å². The lowest BCUT2D eigenvalue weighted by Gasteiger charge is -2.10. The molecule has 0 saturated heterocycles. The maximum absolute atomic E-state index is 11.0. The van der Waals surface area contributed by atoms with Crippen molar-refractivity contribution < 1.29 is 9.90 Å². The standard InChI is InChI=1S/C22H27N5O2S/c1-2-3-4-5-12-27-22(24-25-26-27)30-19-11-7-10-18(15-19)17-9-6-8-16(13-17)14-20(23)21(28)29/h6-11,13,15,20H,2-5,12,14,23H2,1H3,(H,28,29). The van der Waals surface area contributed by atoms with E-state index in [2.05, 4.69) is 28.5 Å². The number of benzene rings is 2. The van der Waals surface area contributed by atoms with Crippen molar-refractivity contribution in [3.05, 3.63) is 54.1 Å². The van der Waals surface area contributed by atoms with Crippen LogP contribution in [0, 0.1) is 0 Å². The van der Waals surface area contributed by atoms with E-state index in [9.17, 15) is 4.79 Å². The third-order valence-electron chi connectivity index (χ3n) is 4.80. The summed E-state index contributed by atoms with van der Waals surface area (Å²) in [5, 5.41) is 22.0. The van der Waals surface area contributed by atoms with Gasteiger partial charge in [-0.15, -0.1) is 5.10 Å². The van der Waals surface area contributed by atoms with Crippen molar-refractivity contribution in [1.29, 1.82) is 0 Å². The molecule has 1 atom stereocenters. The topological polar surface area (TPSA) is 107 Å². The number of aliphatic carboxylic acids is 1. The molecule has 3 rings (SSSR count). The number of unbranched alkanes of at least 4 members (excludes halogenated alkanes) is 3. The molecule has 0 amide bonds. The van der Waals surface area contributed by atoms with E-state index in [1.165, 1.54) is 19.3 Å². The molecular formula is C22H27N5O2S. The van der Waals surface area contributed by atoms with Gasteiger partial charge in [0.1, 0.15) is 6.04 Å². The average molecular weight is 426 g/mol. The highest BCUT2D eigenvalue weighted by Gasteiger charge is 2.13. The summed E-state index contributed by atoms with van der Waals surface area (Å²) in [5.74, 6) is -0.994. The first-order chi connectivity index (χ1) is 14.6. The van der Waals surface area contributed by atoms with Crippen molar-refractivity contribution in [3.63, 3.8) is 0 Å². The number of nitrogens with two attached hydrogens (primary N) is 1. The number of carboxylic acids is 1. The Morgan fingerprint density at radius 1 is 1.13 bits per heavy atom. The first-order valence-corrected chi connectivity index (χ1v) is 11.0. The highest BCUT2D eigenvalue weighted by atomic mass is 32.2. The van der Waals surface area contributed by atoms with Crippen LogP contribution in [-0.4, -0.2) is 37.3 Å². The van der Waals surface area contributed by atoms with Gasteiger partial charge in [0.15, 0.2) is 0 Å². The van der Waals surface area contributed by atoms with E-state index in [4.69, 9.17) is 10.8 Å². The van der Waals surface area contributed by atoms with E-state index in [1.54, 1.807) is 11.8 Å².